The van der Waals surface area contributed by atoms with E-state index in [2.05, 4.69) is 5.11 Å². The number of carboxylic acids is 1. The molecule has 0 radical (unpaired) electrons. The smallest absolute Gasteiger partial charge is 0.336 e. The van der Waals surface area contributed by atoms with Gasteiger partial charge in [-0.3, -0.25) is 20.2 Å². The summed E-state index contributed by atoms with van der Waals surface area (Å²) in [6.45, 7) is 0. The number of hydrogen-bond donors (Lipinski definition) is 2. The molecule has 0 unspecified atom stereocenters. The van der Waals surface area contributed by atoms with Gasteiger partial charge in [-0.1, -0.05) is 0 Å². The Kier molecular flexibility index (Phi) is 3.08. The van der Waals surface area contributed by atoms with Gasteiger partial charge in [-0.05, 0) is 0 Å². The van der Waals surface area contributed by atoms with Gasteiger partial charge in [-0.15, -0.1) is 0 Å². The third kappa shape index (κ3) is 2.19. The summed E-state index contributed by atoms with van der Waals surface area (Å²) in [7, 11) is 0. The van der Waals surface area contributed by atoms with E-state index in [0.717, 1.165) is 0 Å². The average Bonchev–Trinajstić information content (AvgIpc) is 2.26. The molecule has 10 heteroatoms. The molecule has 0 bridgehead atoms. The van der Waals surface area contributed by atoms with Crippen LogP contribution in [0.15, 0.2) is 17.2 Å². The first kappa shape index (κ1) is 12.2. The normalized spacial score (nSPS) is 9.65. The van der Waals surface area contributed by atoms with Gasteiger partial charge >= 0.3 is 17.3 Å². The molecule has 0 heterocycles. The van der Waals surface area contributed by atoms with Crippen molar-refractivity contribution in [2.45, 2.75) is 0 Å². The number of carbonyl (C=O) groups is 1. The zero-order valence-corrected chi connectivity index (χ0v) is 8.06. The summed E-state index contributed by atoms with van der Waals surface area (Å²) in [5.41, 5.74) is 1.89. The first-order valence-corrected chi connectivity index (χ1v) is 3.99. The second-order valence-electron chi connectivity index (χ2n) is 2.81. The van der Waals surface area contributed by atoms with Gasteiger partial charge in [-0.25, -0.2) is 4.79 Å². The van der Waals surface area contributed by atoms with Crippen molar-refractivity contribution >= 4 is 23.0 Å². The molecule has 0 fully saturated rings. The standard InChI is InChI=1S/C7H4N4O6/c8-9-6-4(10(14)15)1-3(7(12)13)2-5(6)11(16)17/h1-2,8H,(H,12,13)/p+1. The fourth-order valence-electron chi connectivity index (χ4n) is 1.14. The maximum atomic E-state index is 10.6. The van der Waals surface area contributed by atoms with Gasteiger partial charge in [0.2, 0.25) is 0 Å². The molecule has 3 N–H and O–H groups in total. The number of hydrogen-bond acceptors (Lipinski definition) is 6. The Morgan fingerprint density at radius 1 is 1.24 bits per heavy atom. The molecule has 0 saturated heterocycles. The van der Waals surface area contributed by atoms with Crippen LogP contribution in [0.25, 0.3) is 0 Å². The van der Waals surface area contributed by atoms with Gasteiger partial charge in [0.25, 0.3) is 5.69 Å². The van der Waals surface area contributed by atoms with Gasteiger partial charge in [0.15, 0.2) is 0 Å². The topological polar surface area (TPSA) is 162 Å². The highest BCUT2D eigenvalue weighted by Gasteiger charge is 2.30. The van der Waals surface area contributed by atoms with E-state index in [1.807, 2.05) is 0 Å². The van der Waals surface area contributed by atoms with Crippen LogP contribution >= 0.6 is 0 Å². The van der Waals surface area contributed by atoms with Gasteiger partial charge in [-0.2, -0.15) is 5.53 Å². The summed E-state index contributed by atoms with van der Waals surface area (Å²) in [5, 5.41) is 32.8. The van der Waals surface area contributed by atoms with Crippen LogP contribution in [-0.2, 0) is 0 Å². The Labute approximate surface area is 92.3 Å². The lowest BCUT2D eigenvalue weighted by molar-refractivity contribution is -0.393. The monoisotopic (exact) mass is 241 g/mol. The third-order valence-corrected chi connectivity index (χ3v) is 1.84. The summed E-state index contributed by atoms with van der Waals surface area (Å²) < 4.78 is 0. The van der Waals surface area contributed by atoms with E-state index in [0.29, 0.717) is 12.1 Å². The number of rotatable bonds is 4. The minimum atomic E-state index is -1.53. The molecule has 1 rings (SSSR count). The zero-order valence-electron chi connectivity index (χ0n) is 8.06. The Bertz CT molecular complexity index is 504. The van der Waals surface area contributed by atoms with Crippen LogP contribution in [0, 0.1) is 20.2 Å². The number of aromatic carboxylic acids is 1. The van der Waals surface area contributed by atoms with Crippen LogP contribution in [0.1, 0.15) is 10.4 Å². The largest absolute Gasteiger partial charge is 0.478 e. The van der Waals surface area contributed by atoms with Crippen molar-refractivity contribution in [1.29, 1.82) is 0 Å². The van der Waals surface area contributed by atoms with Crippen LogP contribution in [-0.4, -0.2) is 20.9 Å². The quantitative estimate of drug-likeness (QED) is 0.429. The molecule has 1 aromatic carbocycles. The number of carboxylic acid groups (broad SMARTS) is 1. The minimum absolute atomic E-state index is 0.587. The first-order valence-electron chi connectivity index (χ1n) is 3.99. The van der Waals surface area contributed by atoms with Crippen molar-refractivity contribution in [3.05, 3.63) is 37.9 Å². The van der Waals surface area contributed by atoms with Crippen molar-refractivity contribution in [2.75, 3.05) is 0 Å². The van der Waals surface area contributed by atoms with Crippen molar-refractivity contribution in [3.63, 3.8) is 0 Å². The highest BCUT2D eigenvalue weighted by molar-refractivity contribution is 5.91. The molecule has 17 heavy (non-hydrogen) atoms. The maximum Gasteiger partial charge on any atom is 0.336 e. The van der Waals surface area contributed by atoms with Gasteiger partial charge < -0.3 is 5.11 Å². The molecule has 0 atom stereocenters. The van der Waals surface area contributed by atoms with E-state index in [4.69, 9.17) is 10.6 Å². The summed E-state index contributed by atoms with van der Waals surface area (Å²) in [5.74, 6) is -1.53. The molecular formula is C7H5N4O6+. The molecule has 0 aromatic heterocycles. The Hall–Kier alpha value is -2.91. The van der Waals surface area contributed by atoms with E-state index in [-0.39, 0.29) is 0 Å². The molecule has 88 valence electrons. The van der Waals surface area contributed by atoms with Crippen molar-refractivity contribution in [1.82, 2.24) is 0 Å². The van der Waals surface area contributed by atoms with Crippen molar-refractivity contribution < 1.29 is 25.3 Å². The lowest BCUT2D eigenvalue weighted by atomic mass is 10.1. The van der Waals surface area contributed by atoms with Crippen LogP contribution in [0.2, 0.25) is 0 Å². The Morgan fingerprint density at radius 2 is 1.65 bits per heavy atom. The van der Waals surface area contributed by atoms with E-state index in [9.17, 15) is 25.0 Å². The molecule has 0 aliphatic carbocycles. The highest BCUT2D eigenvalue weighted by atomic mass is 16.6. The maximum absolute atomic E-state index is 10.6. The molecule has 0 amide bonds. The second kappa shape index (κ2) is 4.30. The van der Waals surface area contributed by atoms with E-state index in [1.165, 1.54) is 0 Å². The summed E-state index contributed by atoms with van der Waals surface area (Å²) in [6, 6.07) is 1.31. The molecule has 1 aromatic rings. The first-order chi connectivity index (χ1) is 7.88. The lowest BCUT2D eigenvalue weighted by Gasteiger charge is -1.98. The predicted molar refractivity (Wildman–Crippen MR) is 50.7 cm³/mol. The van der Waals surface area contributed by atoms with Crippen LogP contribution in [0.5, 0.6) is 0 Å². The molecule has 0 aliphatic heterocycles. The van der Waals surface area contributed by atoms with E-state index in [1.54, 1.807) is 0 Å². The zero-order chi connectivity index (χ0) is 13.2. The number of nitrogens with zero attached hydrogens (tertiary/aromatic N) is 3. The lowest BCUT2D eigenvalue weighted by Crippen LogP contribution is -2.22. The molecule has 0 saturated carbocycles. The SMILES string of the molecule is [NH2+]=Nc1c([N+](=O)[O-])cc(C(=O)O)cc1[N+](=O)[O-]. The minimum Gasteiger partial charge on any atom is -0.478 e. The fraction of sp³-hybridized carbons (Fsp3) is 0. The van der Waals surface area contributed by atoms with Crippen LogP contribution < -0.4 is 5.53 Å². The summed E-state index contributed by atoms with van der Waals surface area (Å²) >= 11 is 0. The number of nitro groups is 2. The number of nitrogens with two attached hydrogens (primary N) is 1. The fourth-order valence-corrected chi connectivity index (χ4v) is 1.14. The average molecular weight is 241 g/mol. The van der Waals surface area contributed by atoms with Gasteiger partial charge in [0.1, 0.15) is 0 Å². The van der Waals surface area contributed by atoms with Crippen molar-refractivity contribution in [2.24, 2.45) is 5.11 Å². The predicted octanol–water partition coefficient (Wildman–Crippen LogP) is 0.0440. The molecule has 0 spiro atoms. The van der Waals surface area contributed by atoms with Gasteiger partial charge in [0, 0.05) is 17.2 Å². The Balaban J connectivity index is 3.68. The van der Waals surface area contributed by atoms with Crippen LogP contribution in [0.4, 0.5) is 17.1 Å². The summed E-state index contributed by atoms with van der Waals surface area (Å²) in [4.78, 5) is 29.9. The van der Waals surface area contributed by atoms with Crippen LogP contribution in [0.3, 0.4) is 0 Å². The Morgan fingerprint density at radius 3 is 1.88 bits per heavy atom. The van der Waals surface area contributed by atoms with E-state index >= 15 is 0 Å². The molecule has 0 aliphatic rings. The molecule has 10 nitrogen and oxygen atoms in total. The van der Waals surface area contributed by atoms with Crippen molar-refractivity contribution in [3.8, 4) is 0 Å². The summed E-state index contributed by atoms with van der Waals surface area (Å²) in [6.07, 6.45) is 0. The van der Waals surface area contributed by atoms with E-state index < -0.39 is 38.4 Å². The van der Waals surface area contributed by atoms with Gasteiger partial charge in [0.05, 0.1) is 15.4 Å². The third-order valence-electron chi connectivity index (χ3n) is 1.84. The molecular weight excluding hydrogens is 236 g/mol. The highest BCUT2D eigenvalue weighted by Crippen LogP contribution is 2.37. The second-order valence-corrected chi connectivity index (χ2v) is 2.81. The number of benzene rings is 1. The number of nitro benzene ring substituents is 2.